The normalized spacial score (nSPS) is 14.0. The summed E-state index contributed by atoms with van der Waals surface area (Å²) in [5, 5.41) is 4.04. The van der Waals surface area contributed by atoms with Crippen LogP contribution < -0.4 is 4.74 Å². The summed E-state index contributed by atoms with van der Waals surface area (Å²) in [7, 11) is 1.73. The van der Waals surface area contributed by atoms with Crippen LogP contribution in [0.25, 0.3) is 11.4 Å². The molecule has 0 bridgehead atoms. The minimum absolute atomic E-state index is 0.109. The van der Waals surface area contributed by atoms with E-state index in [2.05, 4.69) is 38.2 Å². The molecule has 3 aromatic rings. The molecule has 0 N–H and O–H groups in total. The number of hydrogen-bond acceptors (Lipinski definition) is 5. The first-order valence-electron chi connectivity index (χ1n) is 10.7. The number of ether oxygens (including phenoxy) is 1. The van der Waals surface area contributed by atoms with Gasteiger partial charge in [-0.2, -0.15) is 4.98 Å². The van der Waals surface area contributed by atoms with Crippen LogP contribution in [-0.4, -0.2) is 34.1 Å². The smallest absolute Gasteiger partial charge is 0.263 e. The van der Waals surface area contributed by atoms with Gasteiger partial charge >= 0.3 is 0 Å². The summed E-state index contributed by atoms with van der Waals surface area (Å²) >= 11 is 3.44. The van der Waals surface area contributed by atoms with Gasteiger partial charge in [0, 0.05) is 17.1 Å². The van der Waals surface area contributed by atoms with Crippen molar-refractivity contribution in [3.8, 4) is 17.1 Å². The molecule has 0 unspecified atom stereocenters. The first-order valence-corrected chi connectivity index (χ1v) is 11.4. The molecule has 6 nitrogen and oxygen atoms in total. The molecular formula is C24H26BrN3O3. The van der Waals surface area contributed by atoms with E-state index in [0.717, 1.165) is 28.6 Å². The number of hydrogen-bond donors (Lipinski definition) is 0. The van der Waals surface area contributed by atoms with Gasteiger partial charge in [0.05, 0.1) is 6.54 Å². The first-order chi connectivity index (χ1) is 15.0. The van der Waals surface area contributed by atoms with Crippen LogP contribution in [0.5, 0.6) is 5.75 Å². The number of carbonyl (C=O) groups excluding carboxylic acids is 1. The van der Waals surface area contributed by atoms with E-state index in [4.69, 9.17) is 9.26 Å². The molecule has 0 fully saturated rings. The summed E-state index contributed by atoms with van der Waals surface area (Å²) in [5.74, 6) is 1.52. The zero-order chi connectivity index (χ0) is 21.8. The Bertz CT molecular complexity index is 1070. The lowest BCUT2D eigenvalue weighted by Gasteiger charge is -2.24. The van der Waals surface area contributed by atoms with Crippen LogP contribution in [-0.2, 0) is 24.2 Å². The molecule has 1 amide bonds. The number of fused-ring (bicyclic) bond motifs is 1. The molecule has 1 heterocycles. The van der Waals surface area contributed by atoms with Crippen molar-refractivity contribution in [3.63, 3.8) is 0 Å². The molecule has 0 saturated heterocycles. The zero-order valence-electron chi connectivity index (χ0n) is 17.8. The quantitative estimate of drug-likeness (QED) is 0.462. The lowest BCUT2D eigenvalue weighted by molar-refractivity contribution is -0.138. The predicted molar refractivity (Wildman–Crippen MR) is 122 cm³/mol. The molecule has 0 saturated carbocycles. The van der Waals surface area contributed by atoms with Gasteiger partial charge in [0.1, 0.15) is 5.75 Å². The average Bonchev–Trinajstić information content (AvgIpc) is 3.25. The van der Waals surface area contributed by atoms with E-state index in [1.807, 2.05) is 37.3 Å². The number of rotatable bonds is 7. The minimum atomic E-state index is -0.556. The number of amides is 1. The Kier molecular flexibility index (Phi) is 6.70. The third kappa shape index (κ3) is 5.15. The Morgan fingerprint density at radius 1 is 1.19 bits per heavy atom. The predicted octanol–water partition coefficient (Wildman–Crippen LogP) is 5.19. The van der Waals surface area contributed by atoms with Crippen molar-refractivity contribution in [2.75, 3.05) is 7.05 Å². The van der Waals surface area contributed by atoms with Gasteiger partial charge in [-0.3, -0.25) is 4.79 Å². The van der Waals surface area contributed by atoms with E-state index >= 15 is 0 Å². The van der Waals surface area contributed by atoms with Crippen LogP contribution in [0.4, 0.5) is 0 Å². The van der Waals surface area contributed by atoms with Gasteiger partial charge in [-0.05, 0) is 67.5 Å². The van der Waals surface area contributed by atoms with Crippen molar-refractivity contribution in [3.05, 3.63) is 64.0 Å². The second kappa shape index (κ2) is 9.64. The summed E-state index contributed by atoms with van der Waals surface area (Å²) in [5.41, 5.74) is 3.58. The lowest BCUT2D eigenvalue weighted by Crippen LogP contribution is -2.39. The number of nitrogens with zero attached hydrogens (tertiary/aromatic N) is 3. The van der Waals surface area contributed by atoms with Gasteiger partial charge in [-0.1, -0.05) is 46.2 Å². The van der Waals surface area contributed by atoms with Gasteiger partial charge in [0.15, 0.2) is 6.10 Å². The van der Waals surface area contributed by atoms with Gasteiger partial charge in [0.25, 0.3) is 5.91 Å². The molecule has 1 aliphatic carbocycles. The molecule has 0 aliphatic heterocycles. The number of likely N-dealkylation sites (N-methyl/N-ethyl adjacent to an activating group) is 1. The van der Waals surface area contributed by atoms with Crippen LogP contribution in [0.15, 0.2) is 51.5 Å². The number of benzene rings is 2. The summed E-state index contributed by atoms with van der Waals surface area (Å²) in [6.07, 6.45) is 4.68. The Balaban J connectivity index is 1.41. The molecule has 0 spiro atoms. The molecule has 0 radical (unpaired) electrons. The van der Waals surface area contributed by atoms with E-state index in [1.165, 1.54) is 24.0 Å². The molecule has 7 heteroatoms. The van der Waals surface area contributed by atoms with Crippen molar-refractivity contribution in [2.24, 2.45) is 0 Å². The fourth-order valence-electron chi connectivity index (χ4n) is 3.85. The Hall–Kier alpha value is -2.67. The lowest BCUT2D eigenvalue weighted by atomic mass is 9.92. The fraction of sp³-hybridized carbons (Fsp3) is 0.375. The number of carbonyl (C=O) groups is 1. The average molecular weight is 484 g/mol. The molecule has 31 heavy (non-hydrogen) atoms. The molecule has 4 rings (SSSR count). The molecular weight excluding hydrogens is 458 g/mol. The number of halogens is 1. The summed E-state index contributed by atoms with van der Waals surface area (Å²) in [6.45, 7) is 2.18. The number of aryl methyl sites for hydroxylation is 2. The van der Waals surface area contributed by atoms with Crippen LogP contribution in [0.1, 0.15) is 43.2 Å². The maximum absolute atomic E-state index is 13.0. The molecule has 1 aliphatic rings. The molecule has 2 aromatic carbocycles. The topological polar surface area (TPSA) is 68.5 Å². The van der Waals surface area contributed by atoms with Crippen molar-refractivity contribution in [1.29, 1.82) is 0 Å². The van der Waals surface area contributed by atoms with E-state index in [-0.39, 0.29) is 12.5 Å². The number of aromatic nitrogens is 2. The Labute approximate surface area is 190 Å². The van der Waals surface area contributed by atoms with E-state index in [1.54, 1.807) is 11.9 Å². The van der Waals surface area contributed by atoms with Crippen LogP contribution in [0, 0.1) is 0 Å². The fourth-order valence-corrected chi connectivity index (χ4v) is 4.25. The Morgan fingerprint density at radius 2 is 2.00 bits per heavy atom. The van der Waals surface area contributed by atoms with Crippen LogP contribution >= 0.6 is 15.9 Å². The summed E-state index contributed by atoms with van der Waals surface area (Å²) in [6, 6.07) is 13.9. The standard InChI is InChI=1S/C24H26BrN3O3/c1-3-21(30-20-12-11-16-7-4-5-8-17(16)14-20)24(29)28(2)15-22-26-23(27-31-22)18-9-6-10-19(25)13-18/h6,9-14,21H,3-5,7-8,15H2,1-2H3/t21-/m0/s1. The second-order valence-corrected chi connectivity index (χ2v) is 8.78. The summed E-state index contributed by atoms with van der Waals surface area (Å²) < 4.78 is 12.4. The van der Waals surface area contributed by atoms with Crippen molar-refractivity contribution in [2.45, 2.75) is 51.7 Å². The van der Waals surface area contributed by atoms with Gasteiger partial charge in [-0.25, -0.2) is 0 Å². The largest absolute Gasteiger partial charge is 0.481 e. The monoisotopic (exact) mass is 483 g/mol. The first kappa shape index (κ1) is 21.6. The van der Waals surface area contributed by atoms with Gasteiger partial charge < -0.3 is 14.2 Å². The highest BCUT2D eigenvalue weighted by atomic mass is 79.9. The third-order valence-electron chi connectivity index (χ3n) is 5.54. The Morgan fingerprint density at radius 3 is 2.77 bits per heavy atom. The maximum atomic E-state index is 13.0. The van der Waals surface area contributed by atoms with E-state index in [9.17, 15) is 4.79 Å². The maximum Gasteiger partial charge on any atom is 0.263 e. The van der Waals surface area contributed by atoms with Gasteiger partial charge in [0.2, 0.25) is 11.7 Å². The molecule has 1 aromatic heterocycles. The third-order valence-corrected chi connectivity index (χ3v) is 6.04. The van der Waals surface area contributed by atoms with Crippen molar-refractivity contribution < 1.29 is 14.1 Å². The zero-order valence-corrected chi connectivity index (χ0v) is 19.4. The van der Waals surface area contributed by atoms with Gasteiger partial charge in [-0.15, -0.1) is 0 Å². The van der Waals surface area contributed by atoms with Crippen LogP contribution in [0.3, 0.4) is 0 Å². The molecule has 162 valence electrons. The summed E-state index contributed by atoms with van der Waals surface area (Å²) in [4.78, 5) is 19.0. The highest BCUT2D eigenvalue weighted by molar-refractivity contribution is 9.10. The molecule has 1 atom stereocenters. The minimum Gasteiger partial charge on any atom is -0.481 e. The highest BCUT2D eigenvalue weighted by Gasteiger charge is 2.24. The van der Waals surface area contributed by atoms with Crippen molar-refractivity contribution in [1.82, 2.24) is 15.0 Å². The highest BCUT2D eigenvalue weighted by Crippen LogP contribution is 2.26. The SMILES string of the molecule is CC[C@H](Oc1ccc2c(c1)CCCC2)C(=O)N(C)Cc1nc(-c2cccc(Br)c2)no1. The van der Waals surface area contributed by atoms with Crippen molar-refractivity contribution >= 4 is 21.8 Å². The van der Waals surface area contributed by atoms with Crippen LogP contribution in [0.2, 0.25) is 0 Å². The van der Waals surface area contributed by atoms with E-state index in [0.29, 0.717) is 18.1 Å². The second-order valence-electron chi connectivity index (χ2n) is 7.87. The van der Waals surface area contributed by atoms with E-state index < -0.39 is 6.10 Å².